The molecule has 0 unspecified atom stereocenters. The second-order valence-electron chi connectivity index (χ2n) is 5.89. The average Bonchev–Trinajstić information content (AvgIpc) is 2.92. The fourth-order valence-corrected chi connectivity index (χ4v) is 3.59. The molecule has 1 saturated heterocycles. The second kappa shape index (κ2) is 7.85. The molecule has 0 spiro atoms. The van der Waals surface area contributed by atoms with Gasteiger partial charge in [-0.1, -0.05) is 6.07 Å². The van der Waals surface area contributed by atoms with Crippen LogP contribution in [0.1, 0.15) is 12.0 Å². The molecule has 0 bridgehead atoms. The van der Waals surface area contributed by atoms with Crippen LogP contribution in [0.25, 0.3) is 0 Å². The highest BCUT2D eigenvalue weighted by Crippen LogP contribution is 2.17. The molecule has 1 amide bonds. The molecule has 128 valence electrons. The molecule has 1 fully saturated rings. The van der Waals surface area contributed by atoms with E-state index in [-0.39, 0.29) is 23.6 Å². The number of amides is 1. The molecule has 0 saturated carbocycles. The Balaban J connectivity index is 1.85. The maximum atomic E-state index is 12.1. The lowest BCUT2D eigenvalue weighted by Gasteiger charge is -2.21. The molecule has 1 N–H and O–H groups in total. The third-order valence-corrected chi connectivity index (χ3v) is 5.85. The topological polar surface area (TPSA) is 88.6 Å². The van der Waals surface area contributed by atoms with E-state index in [1.807, 2.05) is 12.1 Å². The van der Waals surface area contributed by atoms with Gasteiger partial charge in [0.1, 0.15) is 0 Å². The van der Waals surface area contributed by atoms with Gasteiger partial charge in [0.05, 0.1) is 25.0 Å². The Labute approximate surface area is 137 Å². The van der Waals surface area contributed by atoms with E-state index in [0.717, 1.165) is 5.56 Å². The molecule has 2 atom stereocenters. The van der Waals surface area contributed by atoms with Gasteiger partial charge in [-0.3, -0.25) is 9.78 Å². The molecule has 1 aliphatic rings. The number of carbonyl (C=O) groups excluding carboxylic acids is 1. The van der Waals surface area contributed by atoms with Gasteiger partial charge in [-0.25, -0.2) is 12.7 Å². The molecule has 2 rings (SSSR count). The minimum Gasteiger partial charge on any atom is -0.379 e. The van der Waals surface area contributed by atoms with Crippen molar-refractivity contribution in [3.63, 3.8) is 0 Å². The number of nitrogens with one attached hydrogen (secondary N) is 1. The van der Waals surface area contributed by atoms with Gasteiger partial charge in [-0.2, -0.15) is 0 Å². The van der Waals surface area contributed by atoms with Crippen LogP contribution in [0.2, 0.25) is 0 Å². The number of sulfonamides is 1. The van der Waals surface area contributed by atoms with E-state index in [2.05, 4.69) is 10.3 Å². The highest BCUT2D eigenvalue weighted by molar-refractivity contribution is 7.89. The molecule has 0 aromatic carbocycles. The molecule has 23 heavy (non-hydrogen) atoms. The second-order valence-corrected chi connectivity index (χ2v) is 8.12. The predicted molar refractivity (Wildman–Crippen MR) is 86.3 cm³/mol. The molecule has 1 aliphatic heterocycles. The lowest BCUT2D eigenvalue weighted by atomic mass is 10.1. The van der Waals surface area contributed by atoms with Crippen LogP contribution >= 0.6 is 0 Å². The van der Waals surface area contributed by atoms with E-state index in [1.54, 1.807) is 12.4 Å². The van der Waals surface area contributed by atoms with E-state index >= 15 is 0 Å². The van der Waals surface area contributed by atoms with E-state index in [0.29, 0.717) is 26.1 Å². The summed E-state index contributed by atoms with van der Waals surface area (Å²) in [5, 5.41) is 2.89. The van der Waals surface area contributed by atoms with Gasteiger partial charge in [0.2, 0.25) is 15.9 Å². The highest BCUT2D eigenvalue weighted by Gasteiger charge is 2.33. The zero-order chi connectivity index (χ0) is 16.9. The average molecular weight is 341 g/mol. The van der Waals surface area contributed by atoms with Crippen LogP contribution in [0, 0.1) is 5.92 Å². The van der Waals surface area contributed by atoms with Crippen LogP contribution in [0.4, 0.5) is 0 Å². The van der Waals surface area contributed by atoms with Crippen molar-refractivity contribution in [3.05, 3.63) is 30.1 Å². The summed E-state index contributed by atoms with van der Waals surface area (Å²) in [4.78, 5) is 16.1. The Morgan fingerprint density at radius 3 is 2.87 bits per heavy atom. The fraction of sp³-hybridized carbons (Fsp3) is 0.600. The third-order valence-electron chi connectivity index (χ3n) is 3.89. The standard InChI is InChI=1S/C15H23N3O4S/c1-18(2)23(20,21)11-13-9-22-10-14(13)17-15(19)6-5-12-4-3-7-16-8-12/h3-4,7-8,13-14H,5-6,9-11H2,1-2H3,(H,17,19)/t13-,14+/m0/s1. The van der Waals surface area contributed by atoms with Crippen molar-refractivity contribution in [2.45, 2.75) is 18.9 Å². The van der Waals surface area contributed by atoms with E-state index in [9.17, 15) is 13.2 Å². The normalized spacial score (nSPS) is 21.5. The lowest BCUT2D eigenvalue weighted by Crippen LogP contribution is -2.43. The third kappa shape index (κ3) is 5.26. The van der Waals surface area contributed by atoms with Crippen molar-refractivity contribution >= 4 is 15.9 Å². The van der Waals surface area contributed by atoms with Gasteiger partial charge in [0.15, 0.2) is 0 Å². The van der Waals surface area contributed by atoms with E-state index in [4.69, 9.17) is 4.74 Å². The predicted octanol–water partition coefficient (Wildman–Crippen LogP) is 0.0368. The van der Waals surface area contributed by atoms with Crippen molar-refractivity contribution in [2.75, 3.05) is 33.1 Å². The molecule has 1 aromatic heterocycles. The Bertz CT molecular complexity index is 619. The Kier molecular flexibility index (Phi) is 6.09. The van der Waals surface area contributed by atoms with Gasteiger partial charge in [-0.05, 0) is 18.1 Å². The van der Waals surface area contributed by atoms with E-state index < -0.39 is 10.0 Å². The van der Waals surface area contributed by atoms with Crippen molar-refractivity contribution in [1.29, 1.82) is 0 Å². The Morgan fingerprint density at radius 2 is 2.22 bits per heavy atom. The van der Waals surface area contributed by atoms with E-state index in [1.165, 1.54) is 18.4 Å². The fourth-order valence-electron chi connectivity index (χ4n) is 2.42. The Hall–Kier alpha value is -1.51. The first-order valence-electron chi connectivity index (χ1n) is 7.54. The molecule has 0 radical (unpaired) electrons. The number of hydrogen-bond acceptors (Lipinski definition) is 5. The molecule has 8 heteroatoms. The number of ether oxygens (including phenoxy) is 1. The number of nitrogens with zero attached hydrogens (tertiary/aromatic N) is 2. The lowest BCUT2D eigenvalue weighted by molar-refractivity contribution is -0.121. The largest absolute Gasteiger partial charge is 0.379 e. The molecule has 2 heterocycles. The van der Waals surface area contributed by atoms with Crippen LogP contribution in [-0.4, -0.2) is 62.7 Å². The monoisotopic (exact) mass is 341 g/mol. The van der Waals surface area contributed by atoms with Crippen molar-refractivity contribution in [2.24, 2.45) is 5.92 Å². The van der Waals surface area contributed by atoms with Crippen LogP contribution in [0.5, 0.6) is 0 Å². The van der Waals surface area contributed by atoms with Crippen molar-refractivity contribution < 1.29 is 17.9 Å². The summed E-state index contributed by atoms with van der Waals surface area (Å²) in [5.74, 6) is -0.338. The Morgan fingerprint density at radius 1 is 1.43 bits per heavy atom. The first-order valence-corrected chi connectivity index (χ1v) is 9.15. The van der Waals surface area contributed by atoms with Gasteiger partial charge < -0.3 is 10.1 Å². The zero-order valence-corrected chi connectivity index (χ0v) is 14.3. The molecule has 1 aromatic rings. The maximum absolute atomic E-state index is 12.1. The summed E-state index contributed by atoms with van der Waals surface area (Å²) in [6, 6.07) is 3.50. The van der Waals surface area contributed by atoms with Crippen molar-refractivity contribution in [1.82, 2.24) is 14.6 Å². The smallest absolute Gasteiger partial charge is 0.220 e. The van der Waals surface area contributed by atoms with Gasteiger partial charge in [0.25, 0.3) is 0 Å². The van der Waals surface area contributed by atoms with Crippen LogP contribution in [0.15, 0.2) is 24.5 Å². The summed E-state index contributed by atoms with van der Waals surface area (Å²) in [6.07, 6.45) is 4.37. The van der Waals surface area contributed by atoms with Gasteiger partial charge >= 0.3 is 0 Å². The van der Waals surface area contributed by atoms with Crippen LogP contribution in [-0.2, 0) is 26.0 Å². The SMILES string of the molecule is CN(C)S(=O)(=O)C[C@@H]1COC[C@H]1NC(=O)CCc1cccnc1. The van der Waals surface area contributed by atoms with Crippen molar-refractivity contribution in [3.8, 4) is 0 Å². The minimum atomic E-state index is -3.31. The van der Waals surface area contributed by atoms with Crippen LogP contribution < -0.4 is 5.32 Å². The summed E-state index contributed by atoms with van der Waals surface area (Å²) >= 11 is 0. The maximum Gasteiger partial charge on any atom is 0.220 e. The zero-order valence-electron chi connectivity index (χ0n) is 13.4. The molecule has 0 aliphatic carbocycles. The summed E-state index contributed by atoms with van der Waals surface area (Å²) in [5.41, 5.74) is 0.997. The number of rotatable bonds is 7. The minimum absolute atomic E-state index is 0.0203. The number of aromatic nitrogens is 1. The summed E-state index contributed by atoms with van der Waals surface area (Å²) in [7, 11) is -0.299. The molecule has 7 nitrogen and oxygen atoms in total. The first kappa shape index (κ1) is 17.8. The number of pyridine rings is 1. The molecular weight excluding hydrogens is 318 g/mol. The summed E-state index contributed by atoms with van der Waals surface area (Å²) < 4.78 is 30.5. The number of aryl methyl sites for hydroxylation is 1. The first-order chi connectivity index (χ1) is 10.9. The number of hydrogen-bond donors (Lipinski definition) is 1. The van der Waals surface area contributed by atoms with Gasteiger partial charge in [0, 0.05) is 38.8 Å². The number of carbonyl (C=O) groups is 1. The van der Waals surface area contributed by atoms with Crippen LogP contribution in [0.3, 0.4) is 0 Å². The molecular formula is C15H23N3O4S. The van der Waals surface area contributed by atoms with Gasteiger partial charge in [-0.15, -0.1) is 0 Å². The summed E-state index contributed by atoms with van der Waals surface area (Å²) in [6.45, 7) is 0.701. The quantitative estimate of drug-likeness (QED) is 0.756. The highest BCUT2D eigenvalue weighted by atomic mass is 32.2.